The van der Waals surface area contributed by atoms with Crippen molar-refractivity contribution in [3.8, 4) is 0 Å². The first-order chi connectivity index (χ1) is 9.22. The van der Waals surface area contributed by atoms with Crippen molar-refractivity contribution in [2.24, 2.45) is 0 Å². The summed E-state index contributed by atoms with van der Waals surface area (Å²) in [6.07, 6.45) is 6.15. The van der Waals surface area contributed by atoms with E-state index < -0.39 is 0 Å². The number of ether oxygens (including phenoxy) is 2. The second kappa shape index (κ2) is 4.67. The maximum Gasteiger partial charge on any atom is 0.180 e. The molecule has 1 aliphatic heterocycles. The first-order valence-electron chi connectivity index (χ1n) is 6.18. The molecule has 0 bridgehead atoms. The van der Waals surface area contributed by atoms with Gasteiger partial charge in [-0.3, -0.25) is 0 Å². The number of imidazole rings is 1. The Kier molecular flexibility index (Phi) is 3.00. The van der Waals surface area contributed by atoms with Gasteiger partial charge in [-0.05, 0) is 0 Å². The molecule has 3 heterocycles. The predicted molar refractivity (Wildman–Crippen MR) is 71.1 cm³/mol. The summed E-state index contributed by atoms with van der Waals surface area (Å²) in [5, 5.41) is 3.27. The van der Waals surface area contributed by atoms with Crippen LogP contribution < -0.4 is 11.1 Å². The lowest BCUT2D eigenvalue weighted by atomic mass is 10.0. The lowest BCUT2D eigenvalue weighted by Crippen LogP contribution is -2.39. The molecule has 2 aromatic rings. The van der Waals surface area contributed by atoms with Crippen LogP contribution in [-0.4, -0.2) is 46.8 Å². The van der Waals surface area contributed by atoms with E-state index in [9.17, 15) is 0 Å². The normalized spacial score (nSPS) is 23.0. The molecule has 102 valence electrons. The first-order valence-corrected chi connectivity index (χ1v) is 6.18. The van der Waals surface area contributed by atoms with Crippen LogP contribution in [0.5, 0.6) is 0 Å². The van der Waals surface area contributed by atoms with Crippen LogP contribution in [0.1, 0.15) is 6.42 Å². The van der Waals surface area contributed by atoms with Gasteiger partial charge in [-0.15, -0.1) is 0 Å². The molecule has 0 amide bonds. The number of nitrogen functional groups attached to an aromatic ring is 1. The summed E-state index contributed by atoms with van der Waals surface area (Å²) in [5.74, 6) is 1.11. The summed E-state index contributed by atoms with van der Waals surface area (Å²) in [7, 11) is 1.70. The van der Waals surface area contributed by atoms with E-state index >= 15 is 0 Å². The van der Waals surface area contributed by atoms with Crippen molar-refractivity contribution in [2.75, 3.05) is 37.9 Å². The average molecular weight is 263 g/mol. The standard InChI is InChI=1S/C12H17N5O2/c1-18-12(2-5-19-8-12)7-15-10-11-14-3-4-17(11)6-9(13)16-10/h3-4,6H,2,5,7-8,13H2,1H3,(H,15,16). The molecule has 0 saturated carbocycles. The van der Waals surface area contributed by atoms with Gasteiger partial charge in [0.15, 0.2) is 11.5 Å². The zero-order chi connectivity index (χ0) is 13.3. The molecule has 1 saturated heterocycles. The van der Waals surface area contributed by atoms with Gasteiger partial charge in [-0.1, -0.05) is 0 Å². The van der Waals surface area contributed by atoms with Crippen LogP contribution in [0, 0.1) is 0 Å². The van der Waals surface area contributed by atoms with Crippen LogP contribution in [0.4, 0.5) is 11.6 Å². The number of aromatic nitrogens is 3. The predicted octanol–water partition coefficient (Wildman–Crippen LogP) is 0.529. The summed E-state index contributed by atoms with van der Waals surface area (Å²) in [6.45, 7) is 1.92. The fourth-order valence-corrected chi connectivity index (χ4v) is 2.28. The highest BCUT2D eigenvalue weighted by Gasteiger charge is 2.35. The molecule has 0 spiro atoms. The molecule has 3 N–H and O–H groups in total. The third-order valence-corrected chi connectivity index (χ3v) is 3.47. The molecular weight excluding hydrogens is 246 g/mol. The number of anilines is 2. The summed E-state index contributed by atoms with van der Waals surface area (Å²) < 4.78 is 12.8. The Morgan fingerprint density at radius 3 is 3.26 bits per heavy atom. The number of nitrogens with two attached hydrogens (primary N) is 1. The van der Waals surface area contributed by atoms with Gasteiger partial charge in [0.05, 0.1) is 12.8 Å². The Morgan fingerprint density at radius 2 is 2.53 bits per heavy atom. The van der Waals surface area contributed by atoms with Gasteiger partial charge in [0, 0.05) is 39.1 Å². The molecule has 0 aliphatic carbocycles. The van der Waals surface area contributed by atoms with E-state index in [4.69, 9.17) is 15.2 Å². The molecule has 0 radical (unpaired) electrons. The van der Waals surface area contributed by atoms with E-state index in [1.807, 2.05) is 10.6 Å². The van der Waals surface area contributed by atoms with E-state index in [2.05, 4.69) is 15.3 Å². The fourth-order valence-electron chi connectivity index (χ4n) is 2.28. The van der Waals surface area contributed by atoms with Crippen molar-refractivity contribution in [3.05, 3.63) is 18.6 Å². The molecule has 1 unspecified atom stereocenters. The molecule has 3 rings (SSSR count). The van der Waals surface area contributed by atoms with Crippen LogP contribution in [0.3, 0.4) is 0 Å². The Balaban J connectivity index is 1.83. The minimum atomic E-state index is -0.296. The molecule has 0 aromatic carbocycles. The number of fused-ring (bicyclic) bond motifs is 1. The van der Waals surface area contributed by atoms with Gasteiger partial charge in [0.2, 0.25) is 0 Å². The Bertz CT molecular complexity index is 577. The van der Waals surface area contributed by atoms with Crippen LogP contribution in [0.2, 0.25) is 0 Å². The van der Waals surface area contributed by atoms with Crippen molar-refractivity contribution in [2.45, 2.75) is 12.0 Å². The van der Waals surface area contributed by atoms with Crippen molar-refractivity contribution in [1.82, 2.24) is 14.4 Å². The van der Waals surface area contributed by atoms with Crippen molar-refractivity contribution >= 4 is 17.3 Å². The molecule has 1 aliphatic rings. The van der Waals surface area contributed by atoms with E-state index in [-0.39, 0.29) is 5.60 Å². The van der Waals surface area contributed by atoms with Crippen LogP contribution in [0.25, 0.3) is 5.65 Å². The number of hydrogen-bond acceptors (Lipinski definition) is 6. The summed E-state index contributed by atoms with van der Waals surface area (Å²) in [5.41, 5.74) is 6.23. The average Bonchev–Trinajstić information content (AvgIpc) is 3.05. The lowest BCUT2D eigenvalue weighted by Gasteiger charge is -2.26. The van der Waals surface area contributed by atoms with Gasteiger partial charge < -0.3 is 24.9 Å². The highest BCUT2D eigenvalue weighted by Crippen LogP contribution is 2.24. The Morgan fingerprint density at radius 1 is 1.63 bits per heavy atom. The highest BCUT2D eigenvalue weighted by atomic mass is 16.5. The largest absolute Gasteiger partial charge is 0.382 e. The molecule has 7 nitrogen and oxygen atoms in total. The van der Waals surface area contributed by atoms with Gasteiger partial charge >= 0.3 is 0 Å². The van der Waals surface area contributed by atoms with Crippen molar-refractivity contribution in [3.63, 3.8) is 0 Å². The highest BCUT2D eigenvalue weighted by molar-refractivity contribution is 5.64. The Hall–Kier alpha value is -1.86. The third-order valence-electron chi connectivity index (χ3n) is 3.47. The van der Waals surface area contributed by atoms with Crippen molar-refractivity contribution < 1.29 is 9.47 Å². The maximum absolute atomic E-state index is 5.78. The molecule has 2 aromatic heterocycles. The third kappa shape index (κ3) is 2.22. The SMILES string of the molecule is COC1(CNc2nc(N)cn3ccnc23)CCOC1. The second-order valence-electron chi connectivity index (χ2n) is 4.72. The van der Waals surface area contributed by atoms with Gasteiger partial charge in [0.1, 0.15) is 11.4 Å². The topological polar surface area (TPSA) is 86.7 Å². The molecule has 7 heteroatoms. The number of rotatable bonds is 4. The molecule has 1 atom stereocenters. The summed E-state index contributed by atoms with van der Waals surface area (Å²) >= 11 is 0. The maximum atomic E-state index is 5.78. The van der Waals surface area contributed by atoms with E-state index in [1.54, 1.807) is 19.5 Å². The lowest BCUT2D eigenvalue weighted by molar-refractivity contribution is -0.00623. The number of nitrogens with zero attached hydrogens (tertiary/aromatic N) is 3. The van der Waals surface area contributed by atoms with E-state index in [1.165, 1.54) is 0 Å². The minimum Gasteiger partial charge on any atom is -0.382 e. The fraction of sp³-hybridized carbons (Fsp3) is 0.500. The quantitative estimate of drug-likeness (QED) is 0.836. The Labute approximate surface area is 110 Å². The first kappa shape index (κ1) is 12.2. The van der Waals surface area contributed by atoms with Gasteiger partial charge in [-0.2, -0.15) is 0 Å². The summed E-state index contributed by atoms with van der Waals surface area (Å²) in [4.78, 5) is 8.55. The van der Waals surface area contributed by atoms with E-state index in [0.717, 1.165) is 18.7 Å². The van der Waals surface area contributed by atoms with Crippen LogP contribution in [-0.2, 0) is 9.47 Å². The zero-order valence-corrected chi connectivity index (χ0v) is 10.8. The van der Waals surface area contributed by atoms with Gasteiger partial charge in [0.25, 0.3) is 0 Å². The molecule has 1 fully saturated rings. The summed E-state index contributed by atoms with van der Waals surface area (Å²) in [6, 6.07) is 0. The smallest absolute Gasteiger partial charge is 0.180 e. The number of nitrogens with one attached hydrogen (secondary N) is 1. The van der Waals surface area contributed by atoms with Crippen molar-refractivity contribution in [1.29, 1.82) is 0 Å². The van der Waals surface area contributed by atoms with Crippen LogP contribution >= 0.6 is 0 Å². The van der Waals surface area contributed by atoms with Gasteiger partial charge in [-0.25, -0.2) is 9.97 Å². The number of methoxy groups -OCH3 is 1. The van der Waals surface area contributed by atoms with E-state index in [0.29, 0.717) is 24.8 Å². The molecule has 19 heavy (non-hydrogen) atoms. The number of hydrogen-bond donors (Lipinski definition) is 2. The minimum absolute atomic E-state index is 0.296. The molecular formula is C12H17N5O2. The zero-order valence-electron chi connectivity index (χ0n) is 10.8. The monoisotopic (exact) mass is 263 g/mol. The van der Waals surface area contributed by atoms with Crippen LogP contribution in [0.15, 0.2) is 18.6 Å². The second-order valence-corrected chi connectivity index (χ2v) is 4.72.